The van der Waals surface area contributed by atoms with Gasteiger partial charge in [0, 0.05) is 17.8 Å². The molecule has 1 aliphatic rings. The Labute approximate surface area is 124 Å². The van der Waals surface area contributed by atoms with Crippen molar-refractivity contribution in [3.05, 3.63) is 11.2 Å². The van der Waals surface area contributed by atoms with Crippen LogP contribution in [0.3, 0.4) is 0 Å². The molecule has 6 heteroatoms. The van der Waals surface area contributed by atoms with E-state index in [2.05, 4.69) is 33.8 Å². The number of aromatic nitrogens is 2. The SMILES string of the molecule is CCCNc1ncc(Cl)c(NC2CCC(SC)C2)n1. The predicted octanol–water partition coefficient (Wildman–Crippen LogP) is 3.65. The van der Waals surface area contributed by atoms with E-state index in [0.29, 0.717) is 17.0 Å². The van der Waals surface area contributed by atoms with Crippen molar-refractivity contribution in [1.29, 1.82) is 0 Å². The third-order valence-corrected chi connectivity index (χ3v) is 4.71. The summed E-state index contributed by atoms with van der Waals surface area (Å²) in [6.07, 6.45) is 8.52. The fourth-order valence-electron chi connectivity index (χ4n) is 2.27. The van der Waals surface area contributed by atoms with Crippen molar-refractivity contribution in [3.8, 4) is 0 Å². The molecule has 0 aromatic carbocycles. The maximum atomic E-state index is 6.16. The zero-order valence-corrected chi connectivity index (χ0v) is 13.0. The van der Waals surface area contributed by atoms with E-state index in [9.17, 15) is 0 Å². The van der Waals surface area contributed by atoms with Gasteiger partial charge >= 0.3 is 0 Å². The van der Waals surface area contributed by atoms with E-state index < -0.39 is 0 Å². The van der Waals surface area contributed by atoms with Crippen molar-refractivity contribution in [2.45, 2.75) is 43.9 Å². The predicted molar refractivity (Wildman–Crippen MR) is 84.4 cm³/mol. The molecule has 2 rings (SSSR count). The molecule has 2 N–H and O–H groups in total. The van der Waals surface area contributed by atoms with Crippen LogP contribution in [-0.4, -0.2) is 34.1 Å². The summed E-state index contributed by atoms with van der Waals surface area (Å²) in [5.74, 6) is 1.40. The minimum atomic E-state index is 0.476. The Morgan fingerprint density at radius 2 is 2.32 bits per heavy atom. The molecule has 1 saturated carbocycles. The van der Waals surface area contributed by atoms with Crippen LogP contribution >= 0.6 is 23.4 Å². The van der Waals surface area contributed by atoms with Gasteiger partial charge in [0.1, 0.15) is 5.02 Å². The first kappa shape index (κ1) is 14.7. The molecule has 1 heterocycles. The molecule has 0 bridgehead atoms. The normalized spacial score (nSPS) is 22.5. The molecule has 1 aromatic rings. The molecule has 0 spiro atoms. The summed E-state index contributed by atoms with van der Waals surface area (Å²) in [6.45, 7) is 2.99. The summed E-state index contributed by atoms with van der Waals surface area (Å²) in [7, 11) is 0. The number of nitrogens with one attached hydrogen (secondary N) is 2. The van der Waals surface area contributed by atoms with Gasteiger partial charge in [-0.25, -0.2) is 4.98 Å². The van der Waals surface area contributed by atoms with Gasteiger partial charge in [-0.1, -0.05) is 18.5 Å². The molecular formula is C13H21ClN4S. The highest BCUT2D eigenvalue weighted by Gasteiger charge is 2.24. The highest BCUT2D eigenvalue weighted by Crippen LogP contribution is 2.31. The second-order valence-corrected chi connectivity index (χ2v) is 6.37. The minimum absolute atomic E-state index is 0.476. The zero-order valence-electron chi connectivity index (χ0n) is 11.4. The van der Waals surface area contributed by atoms with E-state index in [0.717, 1.165) is 24.0 Å². The molecule has 2 unspecified atom stereocenters. The van der Waals surface area contributed by atoms with E-state index in [1.54, 1.807) is 6.20 Å². The van der Waals surface area contributed by atoms with Crippen LogP contribution in [0, 0.1) is 0 Å². The molecular weight excluding hydrogens is 280 g/mol. The van der Waals surface area contributed by atoms with Crippen molar-refractivity contribution in [1.82, 2.24) is 9.97 Å². The second kappa shape index (κ2) is 7.20. The average molecular weight is 301 g/mol. The molecule has 2 atom stereocenters. The molecule has 19 heavy (non-hydrogen) atoms. The Hall–Kier alpha value is -0.680. The topological polar surface area (TPSA) is 49.8 Å². The summed E-state index contributed by atoms with van der Waals surface area (Å²) in [5, 5.41) is 7.99. The van der Waals surface area contributed by atoms with E-state index in [4.69, 9.17) is 11.6 Å². The quantitative estimate of drug-likeness (QED) is 0.840. The Morgan fingerprint density at radius 3 is 3.00 bits per heavy atom. The third-order valence-electron chi connectivity index (χ3n) is 3.34. The lowest BCUT2D eigenvalue weighted by Crippen LogP contribution is -2.18. The maximum Gasteiger partial charge on any atom is 0.224 e. The van der Waals surface area contributed by atoms with Crippen LogP contribution in [0.25, 0.3) is 0 Å². The fourth-order valence-corrected chi connectivity index (χ4v) is 3.21. The molecule has 4 nitrogen and oxygen atoms in total. The van der Waals surface area contributed by atoms with Gasteiger partial charge < -0.3 is 10.6 Å². The van der Waals surface area contributed by atoms with Crippen molar-refractivity contribution < 1.29 is 0 Å². The third kappa shape index (κ3) is 4.14. The molecule has 106 valence electrons. The van der Waals surface area contributed by atoms with Gasteiger partial charge in [0.05, 0.1) is 6.20 Å². The van der Waals surface area contributed by atoms with E-state index in [-0.39, 0.29) is 0 Å². The van der Waals surface area contributed by atoms with Crippen LogP contribution < -0.4 is 10.6 Å². The van der Waals surface area contributed by atoms with E-state index >= 15 is 0 Å². The number of halogens is 1. The maximum absolute atomic E-state index is 6.16. The first-order chi connectivity index (χ1) is 9.22. The van der Waals surface area contributed by atoms with Gasteiger partial charge in [0.15, 0.2) is 5.82 Å². The highest BCUT2D eigenvalue weighted by molar-refractivity contribution is 7.99. The van der Waals surface area contributed by atoms with Gasteiger partial charge in [0.25, 0.3) is 0 Å². The van der Waals surface area contributed by atoms with Crippen molar-refractivity contribution >= 4 is 35.1 Å². The molecule has 0 aliphatic heterocycles. The minimum Gasteiger partial charge on any atom is -0.366 e. The van der Waals surface area contributed by atoms with Crippen LogP contribution in [0.2, 0.25) is 5.02 Å². The van der Waals surface area contributed by atoms with Gasteiger partial charge in [-0.3, -0.25) is 0 Å². The van der Waals surface area contributed by atoms with Crippen molar-refractivity contribution in [3.63, 3.8) is 0 Å². The van der Waals surface area contributed by atoms with E-state index in [1.165, 1.54) is 19.3 Å². The number of anilines is 2. The lowest BCUT2D eigenvalue weighted by Gasteiger charge is -2.15. The zero-order chi connectivity index (χ0) is 13.7. The number of rotatable bonds is 6. The summed E-state index contributed by atoms with van der Waals surface area (Å²) in [6, 6.07) is 0.476. The first-order valence-corrected chi connectivity index (χ1v) is 8.45. The smallest absolute Gasteiger partial charge is 0.224 e. The van der Waals surface area contributed by atoms with Crippen molar-refractivity contribution in [2.24, 2.45) is 0 Å². The molecule has 1 fully saturated rings. The summed E-state index contributed by atoms with van der Waals surface area (Å²) >= 11 is 8.11. The summed E-state index contributed by atoms with van der Waals surface area (Å²) < 4.78 is 0. The Morgan fingerprint density at radius 1 is 1.47 bits per heavy atom. The molecule has 1 aliphatic carbocycles. The lowest BCUT2D eigenvalue weighted by atomic mass is 10.2. The average Bonchev–Trinajstić information content (AvgIpc) is 2.87. The number of thioether (sulfide) groups is 1. The van der Waals surface area contributed by atoms with E-state index in [1.807, 2.05) is 11.8 Å². The standard InChI is InChI=1S/C13H21ClN4S/c1-3-6-15-13-16-8-11(14)12(18-13)17-9-4-5-10(7-9)19-2/h8-10H,3-7H2,1-2H3,(H2,15,16,17,18). The molecule has 0 radical (unpaired) electrons. The molecule has 1 aromatic heterocycles. The number of hydrogen-bond donors (Lipinski definition) is 2. The largest absolute Gasteiger partial charge is 0.366 e. The van der Waals surface area contributed by atoms with Crippen LogP contribution in [-0.2, 0) is 0 Å². The Bertz CT molecular complexity index is 416. The number of hydrogen-bond acceptors (Lipinski definition) is 5. The lowest BCUT2D eigenvalue weighted by molar-refractivity contribution is 0.751. The fraction of sp³-hybridized carbons (Fsp3) is 0.692. The summed E-state index contributed by atoms with van der Waals surface area (Å²) in [5.41, 5.74) is 0. The van der Waals surface area contributed by atoms with Crippen LogP contribution in [0.1, 0.15) is 32.6 Å². The Kier molecular flexibility index (Phi) is 5.58. The summed E-state index contributed by atoms with van der Waals surface area (Å²) in [4.78, 5) is 8.64. The highest BCUT2D eigenvalue weighted by atomic mass is 35.5. The second-order valence-electron chi connectivity index (χ2n) is 4.83. The van der Waals surface area contributed by atoms with Crippen LogP contribution in [0.4, 0.5) is 11.8 Å². The van der Waals surface area contributed by atoms with Gasteiger partial charge in [0.2, 0.25) is 5.95 Å². The monoisotopic (exact) mass is 300 g/mol. The molecule has 0 saturated heterocycles. The van der Waals surface area contributed by atoms with Gasteiger partial charge in [-0.05, 0) is 31.9 Å². The number of nitrogens with zero attached hydrogens (tertiary/aromatic N) is 2. The van der Waals surface area contributed by atoms with Crippen molar-refractivity contribution in [2.75, 3.05) is 23.4 Å². The van der Waals surface area contributed by atoms with Gasteiger partial charge in [-0.15, -0.1) is 0 Å². The van der Waals surface area contributed by atoms with Gasteiger partial charge in [-0.2, -0.15) is 16.7 Å². The first-order valence-electron chi connectivity index (χ1n) is 6.78. The Balaban J connectivity index is 1.98. The van der Waals surface area contributed by atoms with Crippen LogP contribution in [0.15, 0.2) is 6.20 Å². The van der Waals surface area contributed by atoms with Crippen LogP contribution in [0.5, 0.6) is 0 Å². The molecule has 0 amide bonds.